The van der Waals surface area contributed by atoms with Gasteiger partial charge in [0.15, 0.2) is 0 Å². The number of hydrogen-bond acceptors (Lipinski definition) is 4. The largest absolute Gasteiger partial charge is 0.480 e. The zero-order chi connectivity index (χ0) is 15.6. The summed E-state index contributed by atoms with van der Waals surface area (Å²) in [5.74, 6) is -0.909. The summed E-state index contributed by atoms with van der Waals surface area (Å²) in [5, 5.41) is 9.38. The van der Waals surface area contributed by atoms with Crippen molar-refractivity contribution in [2.75, 3.05) is 6.54 Å². The van der Waals surface area contributed by atoms with Crippen molar-refractivity contribution in [2.45, 2.75) is 26.4 Å². The van der Waals surface area contributed by atoms with E-state index in [9.17, 15) is 9.59 Å². The van der Waals surface area contributed by atoms with Crippen LogP contribution >= 0.6 is 11.6 Å². The van der Waals surface area contributed by atoms with Crippen molar-refractivity contribution in [2.24, 2.45) is 0 Å². The molecule has 112 valence electrons. The van der Waals surface area contributed by atoms with Gasteiger partial charge in [-0.15, -0.1) is 0 Å². The van der Waals surface area contributed by atoms with Gasteiger partial charge in [0.25, 0.3) is 5.56 Å². The molecule has 0 aliphatic carbocycles. The number of rotatable bonds is 5. The molecule has 0 atom stereocenters. The van der Waals surface area contributed by atoms with Crippen LogP contribution in [-0.2, 0) is 11.3 Å². The third-order valence-electron chi connectivity index (χ3n) is 3.11. The number of carboxylic acids is 1. The number of aliphatic carboxylic acids is 1. The summed E-state index contributed by atoms with van der Waals surface area (Å²) >= 11 is 5.85. The number of nitrogens with zero attached hydrogens (tertiary/aromatic N) is 3. The van der Waals surface area contributed by atoms with E-state index in [-0.39, 0.29) is 18.1 Å². The Bertz CT molecular complexity index is 727. The van der Waals surface area contributed by atoms with Gasteiger partial charge >= 0.3 is 5.97 Å². The highest BCUT2D eigenvalue weighted by Gasteiger charge is 2.15. The minimum Gasteiger partial charge on any atom is -0.480 e. The van der Waals surface area contributed by atoms with Crippen LogP contribution in [-0.4, -0.2) is 37.9 Å². The third kappa shape index (κ3) is 3.80. The van der Waals surface area contributed by atoms with Gasteiger partial charge in [0.1, 0.15) is 5.65 Å². The van der Waals surface area contributed by atoms with Crippen molar-refractivity contribution in [3.05, 3.63) is 45.5 Å². The normalized spacial score (nSPS) is 11.5. The van der Waals surface area contributed by atoms with Gasteiger partial charge in [-0.25, -0.2) is 4.98 Å². The van der Waals surface area contributed by atoms with E-state index in [4.69, 9.17) is 16.7 Å². The fourth-order valence-corrected chi connectivity index (χ4v) is 2.17. The number of aromatic nitrogens is 2. The van der Waals surface area contributed by atoms with Gasteiger partial charge in [0.2, 0.25) is 0 Å². The molecule has 0 aliphatic heterocycles. The average Bonchev–Trinajstić information content (AvgIpc) is 2.38. The van der Waals surface area contributed by atoms with Gasteiger partial charge < -0.3 is 5.11 Å². The first-order valence-corrected chi connectivity index (χ1v) is 6.88. The zero-order valence-electron chi connectivity index (χ0n) is 11.8. The van der Waals surface area contributed by atoms with E-state index in [1.807, 2.05) is 13.8 Å². The Morgan fingerprint density at radius 2 is 2.19 bits per heavy atom. The first-order chi connectivity index (χ1) is 9.86. The van der Waals surface area contributed by atoms with Crippen molar-refractivity contribution in [1.82, 2.24) is 14.3 Å². The molecule has 2 rings (SSSR count). The summed E-state index contributed by atoms with van der Waals surface area (Å²) in [6.07, 6.45) is 1.51. The van der Waals surface area contributed by atoms with Gasteiger partial charge in [-0.3, -0.25) is 18.9 Å². The fraction of sp³-hybridized carbons (Fsp3) is 0.357. The molecule has 7 heteroatoms. The monoisotopic (exact) mass is 309 g/mol. The molecule has 0 amide bonds. The molecule has 21 heavy (non-hydrogen) atoms. The number of pyridine rings is 1. The van der Waals surface area contributed by atoms with Crippen LogP contribution < -0.4 is 5.56 Å². The smallest absolute Gasteiger partial charge is 0.317 e. The van der Waals surface area contributed by atoms with E-state index in [0.29, 0.717) is 22.9 Å². The fourth-order valence-electron chi connectivity index (χ4n) is 2.01. The molecule has 0 saturated heterocycles. The molecule has 0 aromatic carbocycles. The Kier molecular flexibility index (Phi) is 4.59. The van der Waals surface area contributed by atoms with Gasteiger partial charge in [-0.1, -0.05) is 11.6 Å². The van der Waals surface area contributed by atoms with Gasteiger partial charge in [-0.05, 0) is 26.0 Å². The van der Waals surface area contributed by atoms with Crippen LogP contribution in [0.1, 0.15) is 19.5 Å². The maximum absolute atomic E-state index is 12.1. The van der Waals surface area contributed by atoms with Gasteiger partial charge in [-0.2, -0.15) is 0 Å². The summed E-state index contributed by atoms with van der Waals surface area (Å²) in [6.45, 7) is 4.00. The lowest BCUT2D eigenvalue weighted by Crippen LogP contribution is -2.35. The molecule has 1 N–H and O–H groups in total. The second kappa shape index (κ2) is 6.24. The molecule has 6 nitrogen and oxygen atoms in total. The SMILES string of the molecule is CC(C)N(CC(=O)O)Cc1cc(=O)n2cc(Cl)ccc2n1. The van der Waals surface area contributed by atoms with Crippen LogP contribution in [0.4, 0.5) is 0 Å². The van der Waals surface area contributed by atoms with E-state index >= 15 is 0 Å². The molecule has 0 unspecified atom stereocenters. The number of carboxylic acid groups (broad SMARTS) is 1. The molecule has 0 radical (unpaired) electrons. The summed E-state index contributed by atoms with van der Waals surface area (Å²) in [4.78, 5) is 29.0. The van der Waals surface area contributed by atoms with Crippen molar-refractivity contribution in [3.63, 3.8) is 0 Å². The molecule has 0 fully saturated rings. The van der Waals surface area contributed by atoms with Crippen LogP contribution in [0.5, 0.6) is 0 Å². The predicted octanol–water partition coefficient (Wildman–Crippen LogP) is 1.64. The number of carbonyl (C=O) groups is 1. The van der Waals surface area contributed by atoms with Crippen molar-refractivity contribution < 1.29 is 9.90 Å². The number of hydrogen-bond donors (Lipinski definition) is 1. The second-order valence-electron chi connectivity index (χ2n) is 5.05. The minimum atomic E-state index is -0.909. The first kappa shape index (κ1) is 15.5. The molecule has 0 aliphatic rings. The Morgan fingerprint density at radius 1 is 1.48 bits per heavy atom. The lowest BCUT2D eigenvalue weighted by molar-refractivity contribution is -0.138. The van der Waals surface area contributed by atoms with E-state index in [0.717, 1.165) is 0 Å². The van der Waals surface area contributed by atoms with Crippen LogP contribution in [0, 0.1) is 0 Å². The molecule has 2 aromatic heterocycles. The lowest BCUT2D eigenvalue weighted by Gasteiger charge is -2.23. The quantitative estimate of drug-likeness (QED) is 0.909. The molecule has 2 aromatic rings. The van der Waals surface area contributed by atoms with E-state index in [2.05, 4.69) is 4.98 Å². The molecule has 2 heterocycles. The summed E-state index contributed by atoms with van der Waals surface area (Å²) < 4.78 is 1.36. The van der Waals surface area contributed by atoms with Gasteiger partial charge in [0, 0.05) is 24.8 Å². The van der Waals surface area contributed by atoms with E-state index in [1.165, 1.54) is 16.7 Å². The highest BCUT2D eigenvalue weighted by molar-refractivity contribution is 6.30. The third-order valence-corrected chi connectivity index (χ3v) is 3.33. The predicted molar refractivity (Wildman–Crippen MR) is 79.7 cm³/mol. The number of fused-ring (bicyclic) bond motifs is 1. The molecule has 0 bridgehead atoms. The Labute approximate surface area is 126 Å². The van der Waals surface area contributed by atoms with Crippen molar-refractivity contribution >= 4 is 23.2 Å². The summed E-state index contributed by atoms with van der Waals surface area (Å²) in [7, 11) is 0. The summed E-state index contributed by atoms with van der Waals surface area (Å²) in [5.41, 5.74) is 0.787. The second-order valence-corrected chi connectivity index (χ2v) is 5.49. The standard InChI is InChI=1S/C14H16ClN3O3/c1-9(2)17(8-14(20)21)7-11-5-13(19)18-6-10(15)3-4-12(18)16-11/h3-6,9H,7-8H2,1-2H3,(H,20,21). The lowest BCUT2D eigenvalue weighted by atomic mass is 10.2. The molecule has 0 spiro atoms. The summed E-state index contributed by atoms with van der Waals surface area (Å²) in [6, 6.07) is 4.75. The van der Waals surface area contributed by atoms with E-state index in [1.54, 1.807) is 17.0 Å². The minimum absolute atomic E-state index is 0.0339. The maximum atomic E-state index is 12.1. The zero-order valence-corrected chi connectivity index (χ0v) is 12.5. The number of halogens is 1. The Balaban J connectivity index is 2.36. The highest BCUT2D eigenvalue weighted by Crippen LogP contribution is 2.10. The van der Waals surface area contributed by atoms with Crippen molar-refractivity contribution in [1.29, 1.82) is 0 Å². The first-order valence-electron chi connectivity index (χ1n) is 6.50. The van der Waals surface area contributed by atoms with E-state index < -0.39 is 5.97 Å². The molecule has 0 saturated carbocycles. The molecular formula is C14H16ClN3O3. The molecular weight excluding hydrogens is 294 g/mol. The van der Waals surface area contributed by atoms with Gasteiger partial charge in [0.05, 0.1) is 17.3 Å². The Hall–Kier alpha value is -1.92. The maximum Gasteiger partial charge on any atom is 0.317 e. The Morgan fingerprint density at radius 3 is 2.81 bits per heavy atom. The average molecular weight is 310 g/mol. The van der Waals surface area contributed by atoms with Crippen LogP contribution in [0.3, 0.4) is 0 Å². The van der Waals surface area contributed by atoms with Crippen LogP contribution in [0.25, 0.3) is 5.65 Å². The van der Waals surface area contributed by atoms with Crippen LogP contribution in [0.2, 0.25) is 5.02 Å². The van der Waals surface area contributed by atoms with Crippen molar-refractivity contribution in [3.8, 4) is 0 Å². The van der Waals surface area contributed by atoms with Crippen LogP contribution in [0.15, 0.2) is 29.2 Å². The topological polar surface area (TPSA) is 74.9 Å². The highest BCUT2D eigenvalue weighted by atomic mass is 35.5.